The van der Waals surface area contributed by atoms with E-state index < -0.39 is 0 Å². The summed E-state index contributed by atoms with van der Waals surface area (Å²) < 4.78 is 10.7. The maximum absolute atomic E-state index is 5.66. The van der Waals surface area contributed by atoms with Crippen LogP contribution in [0.4, 0.5) is 0 Å². The van der Waals surface area contributed by atoms with E-state index in [9.17, 15) is 0 Å². The Morgan fingerprint density at radius 1 is 1.40 bits per heavy atom. The molecular formula is C10H15N3O2. The standard InChI is InChI=1S/C10H15N3O2/c11-7-3-8(4-7)14-5-9-12-10(13-15-9)6-1-2-6/h6-8H,1-5,11H2. The molecule has 2 aliphatic rings. The van der Waals surface area contributed by atoms with E-state index in [1.807, 2.05) is 0 Å². The van der Waals surface area contributed by atoms with Crippen LogP contribution in [0.25, 0.3) is 0 Å². The average molecular weight is 209 g/mol. The first-order valence-electron chi connectivity index (χ1n) is 5.51. The molecule has 2 fully saturated rings. The van der Waals surface area contributed by atoms with Gasteiger partial charge in [0.25, 0.3) is 5.89 Å². The van der Waals surface area contributed by atoms with Gasteiger partial charge >= 0.3 is 0 Å². The van der Waals surface area contributed by atoms with Crippen LogP contribution in [0, 0.1) is 0 Å². The summed E-state index contributed by atoms with van der Waals surface area (Å²) in [6, 6.07) is 0.319. The van der Waals surface area contributed by atoms with E-state index in [-0.39, 0.29) is 6.10 Å². The van der Waals surface area contributed by atoms with Gasteiger partial charge in [-0.1, -0.05) is 5.16 Å². The van der Waals surface area contributed by atoms with Crippen LogP contribution in [0.15, 0.2) is 4.52 Å². The monoisotopic (exact) mass is 209 g/mol. The summed E-state index contributed by atoms with van der Waals surface area (Å²) in [4.78, 5) is 4.29. The largest absolute Gasteiger partial charge is 0.368 e. The Bertz CT molecular complexity index is 342. The molecule has 1 aromatic rings. The molecule has 0 amide bonds. The molecule has 0 spiro atoms. The van der Waals surface area contributed by atoms with Gasteiger partial charge in [0.15, 0.2) is 5.82 Å². The minimum absolute atomic E-state index is 0.288. The quantitative estimate of drug-likeness (QED) is 0.799. The van der Waals surface area contributed by atoms with E-state index in [1.165, 1.54) is 12.8 Å². The summed E-state index contributed by atoms with van der Waals surface area (Å²) in [5.41, 5.74) is 5.66. The zero-order chi connectivity index (χ0) is 10.3. The molecule has 0 unspecified atom stereocenters. The lowest BCUT2D eigenvalue weighted by Crippen LogP contribution is -2.41. The normalized spacial score (nSPS) is 30.2. The highest BCUT2D eigenvalue weighted by molar-refractivity contribution is 5.03. The maximum Gasteiger partial charge on any atom is 0.252 e. The van der Waals surface area contributed by atoms with Gasteiger partial charge in [-0.25, -0.2) is 0 Å². The minimum Gasteiger partial charge on any atom is -0.368 e. The van der Waals surface area contributed by atoms with Crippen LogP contribution < -0.4 is 5.73 Å². The lowest BCUT2D eigenvalue weighted by molar-refractivity contribution is -0.0285. The van der Waals surface area contributed by atoms with Crippen LogP contribution in [-0.4, -0.2) is 22.3 Å². The third-order valence-corrected chi connectivity index (χ3v) is 3.00. The molecular weight excluding hydrogens is 194 g/mol. The van der Waals surface area contributed by atoms with Crippen molar-refractivity contribution in [1.82, 2.24) is 10.1 Å². The van der Waals surface area contributed by atoms with E-state index in [0.29, 0.717) is 24.5 Å². The molecule has 2 N–H and O–H groups in total. The fraction of sp³-hybridized carbons (Fsp3) is 0.800. The van der Waals surface area contributed by atoms with Crippen molar-refractivity contribution in [2.24, 2.45) is 5.73 Å². The minimum atomic E-state index is 0.288. The summed E-state index contributed by atoms with van der Waals surface area (Å²) in [7, 11) is 0. The first-order chi connectivity index (χ1) is 7.31. The molecule has 0 saturated heterocycles. The molecule has 0 atom stereocenters. The number of aromatic nitrogens is 2. The molecule has 3 rings (SSSR count). The maximum atomic E-state index is 5.66. The van der Waals surface area contributed by atoms with Crippen molar-refractivity contribution in [2.45, 2.75) is 50.4 Å². The summed E-state index contributed by atoms with van der Waals surface area (Å²) in [5.74, 6) is 1.98. The Morgan fingerprint density at radius 3 is 2.87 bits per heavy atom. The summed E-state index contributed by atoms with van der Waals surface area (Å²) in [5, 5.41) is 3.92. The zero-order valence-electron chi connectivity index (χ0n) is 8.56. The Balaban J connectivity index is 1.49. The fourth-order valence-electron chi connectivity index (χ4n) is 1.77. The van der Waals surface area contributed by atoms with Gasteiger partial charge in [-0.3, -0.25) is 0 Å². The predicted octanol–water partition coefficient (Wildman–Crippen LogP) is 0.953. The van der Waals surface area contributed by atoms with Crippen molar-refractivity contribution >= 4 is 0 Å². The molecule has 15 heavy (non-hydrogen) atoms. The second kappa shape index (κ2) is 3.57. The van der Waals surface area contributed by atoms with Crippen LogP contribution in [0.3, 0.4) is 0 Å². The number of nitrogens with zero attached hydrogens (tertiary/aromatic N) is 2. The number of ether oxygens (including phenoxy) is 1. The van der Waals surface area contributed by atoms with Gasteiger partial charge < -0.3 is 15.0 Å². The van der Waals surface area contributed by atoms with Gasteiger partial charge in [-0.05, 0) is 25.7 Å². The zero-order valence-corrected chi connectivity index (χ0v) is 8.56. The highest BCUT2D eigenvalue weighted by Crippen LogP contribution is 2.38. The van der Waals surface area contributed by atoms with Gasteiger partial charge in [0, 0.05) is 12.0 Å². The van der Waals surface area contributed by atoms with Crippen LogP contribution >= 0.6 is 0 Å². The van der Waals surface area contributed by atoms with Crippen LogP contribution in [0.2, 0.25) is 0 Å². The molecule has 1 aromatic heterocycles. The van der Waals surface area contributed by atoms with Gasteiger partial charge in [-0.15, -0.1) is 0 Å². The van der Waals surface area contributed by atoms with Crippen molar-refractivity contribution < 1.29 is 9.26 Å². The lowest BCUT2D eigenvalue weighted by atomic mass is 9.90. The Labute approximate surface area is 88.0 Å². The molecule has 2 saturated carbocycles. The van der Waals surface area contributed by atoms with Gasteiger partial charge in [0.2, 0.25) is 0 Å². The molecule has 0 bridgehead atoms. The van der Waals surface area contributed by atoms with E-state index in [1.54, 1.807) is 0 Å². The first-order valence-corrected chi connectivity index (χ1v) is 5.51. The molecule has 0 radical (unpaired) electrons. The first kappa shape index (κ1) is 9.30. The third-order valence-electron chi connectivity index (χ3n) is 3.00. The highest BCUT2D eigenvalue weighted by atomic mass is 16.5. The number of rotatable bonds is 4. The van der Waals surface area contributed by atoms with Gasteiger partial charge in [0.1, 0.15) is 6.61 Å². The molecule has 0 aliphatic heterocycles. The van der Waals surface area contributed by atoms with E-state index in [4.69, 9.17) is 15.0 Å². The van der Waals surface area contributed by atoms with E-state index in [2.05, 4.69) is 10.1 Å². The van der Waals surface area contributed by atoms with Crippen LogP contribution in [0.5, 0.6) is 0 Å². The highest BCUT2D eigenvalue weighted by Gasteiger charge is 2.30. The van der Waals surface area contributed by atoms with Crippen molar-refractivity contribution in [3.05, 3.63) is 11.7 Å². The molecule has 82 valence electrons. The number of nitrogens with two attached hydrogens (primary N) is 1. The van der Waals surface area contributed by atoms with Crippen molar-refractivity contribution in [3.63, 3.8) is 0 Å². The molecule has 1 heterocycles. The lowest BCUT2D eigenvalue weighted by Gasteiger charge is -2.31. The van der Waals surface area contributed by atoms with Gasteiger partial charge in [-0.2, -0.15) is 4.98 Å². The Kier molecular flexibility index (Phi) is 2.21. The predicted molar refractivity (Wildman–Crippen MR) is 52.1 cm³/mol. The average Bonchev–Trinajstić information content (AvgIpc) is 2.92. The Hall–Kier alpha value is -0.940. The Morgan fingerprint density at radius 2 is 2.20 bits per heavy atom. The fourth-order valence-corrected chi connectivity index (χ4v) is 1.77. The van der Waals surface area contributed by atoms with E-state index >= 15 is 0 Å². The van der Waals surface area contributed by atoms with Crippen molar-refractivity contribution in [1.29, 1.82) is 0 Å². The molecule has 5 heteroatoms. The topological polar surface area (TPSA) is 74.2 Å². The van der Waals surface area contributed by atoms with Crippen LogP contribution in [0.1, 0.15) is 43.3 Å². The summed E-state index contributed by atoms with van der Waals surface area (Å²) >= 11 is 0. The smallest absolute Gasteiger partial charge is 0.252 e. The molecule has 5 nitrogen and oxygen atoms in total. The van der Waals surface area contributed by atoms with Gasteiger partial charge in [0.05, 0.1) is 6.10 Å². The second-order valence-electron chi connectivity index (χ2n) is 4.49. The number of hydrogen-bond acceptors (Lipinski definition) is 5. The third kappa shape index (κ3) is 2.03. The molecule has 0 aromatic carbocycles. The van der Waals surface area contributed by atoms with Crippen molar-refractivity contribution in [2.75, 3.05) is 0 Å². The van der Waals surface area contributed by atoms with Crippen molar-refractivity contribution in [3.8, 4) is 0 Å². The number of hydrogen-bond donors (Lipinski definition) is 1. The second-order valence-corrected chi connectivity index (χ2v) is 4.49. The SMILES string of the molecule is NC1CC(OCc2nc(C3CC3)no2)C1. The summed E-state index contributed by atoms with van der Waals surface area (Å²) in [6.07, 6.45) is 4.57. The summed E-state index contributed by atoms with van der Waals surface area (Å²) in [6.45, 7) is 0.428. The van der Waals surface area contributed by atoms with E-state index in [0.717, 1.165) is 18.7 Å². The molecule has 2 aliphatic carbocycles. The van der Waals surface area contributed by atoms with Crippen LogP contribution in [-0.2, 0) is 11.3 Å².